The number of halogens is 3. The Balaban J connectivity index is 1.52. The molecule has 3 atom stereocenters. The normalized spacial score (nSPS) is 27.7. The quantitative estimate of drug-likeness (QED) is 0.382. The van der Waals surface area contributed by atoms with Crippen LogP contribution in [-0.4, -0.2) is 77.5 Å². The van der Waals surface area contributed by atoms with Gasteiger partial charge in [-0.2, -0.15) is 21.6 Å². The van der Waals surface area contributed by atoms with Crippen LogP contribution >= 0.6 is 0 Å². The fourth-order valence-electron chi connectivity index (χ4n) is 6.72. The van der Waals surface area contributed by atoms with Crippen LogP contribution in [-0.2, 0) is 26.7 Å². The molecule has 2 aliphatic heterocycles. The predicted octanol–water partition coefficient (Wildman–Crippen LogP) is 3.96. The number of likely N-dealkylation sites (tertiary alicyclic amines) is 2. The molecule has 0 spiro atoms. The second-order valence-corrected chi connectivity index (χ2v) is 13.2. The Morgan fingerprint density at radius 1 is 1.12 bits per heavy atom. The molecule has 2 aromatic rings. The number of aromatic nitrogens is 1. The predicted molar refractivity (Wildman–Crippen MR) is 146 cm³/mol. The largest absolute Gasteiger partial charge is 0.534 e. The molecule has 1 aliphatic carbocycles. The maximum atomic E-state index is 13.3. The highest BCUT2D eigenvalue weighted by Gasteiger charge is 2.60. The lowest BCUT2D eigenvalue weighted by molar-refractivity contribution is -0.137. The second kappa shape index (κ2) is 10.9. The molecule has 1 amide bonds. The average molecular weight is 596 g/mol. The lowest BCUT2D eigenvalue weighted by Gasteiger charge is -2.57. The van der Waals surface area contributed by atoms with Crippen molar-refractivity contribution < 1.29 is 35.7 Å². The van der Waals surface area contributed by atoms with Crippen molar-refractivity contribution in [2.24, 2.45) is 5.92 Å². The van der Waals surface area contributed by atoms with Gasteiger partial charge in [0, 0.05) is 43.0 Å². The number of carbonyl (C=O) groups excluding carboxylic acids is 1. The average Bonchev–Trinajstić information content (AvgIpc) is 3.74. The van der Waals surface area contributed by atoms with Crippen molar-refractivity contribution in [2.75, 3.05) is 26.2 Å². The number of hydrogen-bond acceptors (Lipinski definition) is 7. The number of aryl methyl sites for hydroxylation is 1. The summed E-state index contributed by atoms with van der Waals surface area (Å²) in [6.07, 6.45) is 5.16. The first-order valence-corrected chi connectivity index (χ1v) is 15.4. The molecule has 0 radical (unpaired) electrons. The van der Waals surface area contributed by atoms with Crippen LogP contribution in [0, 0.1) is 12.8 Å². The van der Waals surface area contributed by atoms with Gasteiger partial charge in [0.15, 0.2) is 0 Å². The zero-order valence-electron chi connectivity index (χ0n) is 23.2. The summed E-state index contributed by atoms with van der Waals surface area (Å²) >= 11 is 0. The van der Waals surface area contributed by atoms with Gasteiger partial charge in [-0.25, -0.2) is 0 Å². The van der Waals surface area contributed by atoms with E-state index in [1.165, 1.54) is 18.2 Å². The summed E-state index contributed by atoms with van der Waals surface area (Å²) in [5.74, 6) is 0.00974. The van der Waals surface area contributed by atoms with Crippen molar-refractivity contribution in [3.63, 3.8) is 0 Å². The first kappa shape index (κ1) is 29.8. The van der Waals surface area contributed by atoms with Crippen LogP contribution in [0.1, 0.15) is 55.8 Å². The number of aliphatic hydroxyl groups is 1. The Bertz CT molecular complexity index is 1390. The molecular formula is C29H36F3N3O5S. The Labute approximate surface area is 238 Å². The van der Waals surface area contributed by atoms with Crippen LogP contribution in [0.2, 0.25) is 0 Å². The van der Waals surface area contributed by atoms with Gasteiger partial charge in [0.05, 0.1) is 12.0 Å². The fraction of sp³-hybridized carbons (Fsp3) is 0.586. The van der Waals surface area contributed by atoms with E-state index in [9.17, 15) is 31.5 Å². The summed E-state index contributed by atoms with van der Waals surface area (Å²) in [6.45, 7) is 5.92. The highest BCUT2D eigenvalue weighted by Crippen LogP contribution is 2.53. The van der Waals surface area contributed by atoms with Gasteiger partial charge in [-0.1, -0.05) is 12.1 Å². The van der Waals surface area contributed by atoms with Gasteiger partial charge in [0.25, 0.3) is 0 Å². The zero-order valence-corrected chi connectivity index (χ0v) is 24.0. The molecule has 3 unspecified atom stereocenters. The molecular weight excluding hydrogens is 559 g/mol. The van der Waals surface area contributed by atoms with Crippen molar-refractivity contribution in [3.05, 3.63) is 59.4 Å². The first-order valence-electron chi connectivity index (χ1n) is 14.0. The van der Waals surface area contributed by atoms with Crippen molar-refractivity contribution >= 4 is 16.0 Å². The summed E-state index contributed by atoms with van der Waals surface area (Å²) in [6, 6.07) is 9.14. The number of hydrogen-bond donors (Lipinski definition) is 1. The molecule has 2 saturated heterocycles. The lowest BCUT2D eigenvalue weighted by atomic mass is 9.57. The number of pyridine rings is 1. The maximum absolute atomic E-state index is 13.3. The molecule has 1 aromatic heterocycles. The first-order chi connectivity index (χ1) is 19.3. The van der Waals surface area contributed by atoms with Crippen molar-refractivity contribution in [3.8, 4) is 5.75 Å². The van der Waals surface area contributed by atoms with Crippen LogP contribution in [0.25, 0.3) is 0 Å². The lowest BCUT2D eigenvalue weighted by Crippen LogP contribution is -2.68. The minimum Gasteiger partial charge on any atom is -0.387 e. The number of rotatable bonds is 7. The van der Waals surface area contributed by atoms with E-state index >= 15 is 0 Å². The van der Waals surface area contributed by atoms with Gasteiger partial charge in [-0.15, -0.1) is 0 Å². The van der Waals surface area contributed by atoms with Gasteiger partial charge in [-0.3, -0.25) is 14.7 Å². The monoisotopic (exact) mass is 595 g/mol. The third kappa shape index (κ3) is 5.70. The maximum Gasteiger partial charge on any atom is 0.534 e. The van der Waals surface area contributed by atoms with E-state index < -0.39 is 32.4 Å². The Morgan fingerprint density at radius 3 is 2.49 bits per heavy atom. The Morgan fingerprint density at radius 2 is 1.83 bits per heavy atom. The molecule has 12 heteroatoms. The molecule has 1 N–H and O–H groups in total. The smallest absolute Gasteiger partial charge is 0.387 e. The molecule has 3 aliphatic rings. The van der Waals surface area contributed by atoms with Crippen molar-refractivity contribution in [2.45, 2.75) is 74.9 Å². The highest BCUT2D eigenvalue weighted by molar-refractivity contribution is 7.88. The topological polar surface area (TPSA) is 100 Å². The second-order valence-electron chi connectivity index (χ2n) is 11.7. The zero-order chi connectivity index (χ0) is 29.6. The molecule has 0 bridgehead atoms. The van der Waals surface area contributed by atoms with Gasteiger partial charge >= 0.3 is 15.6 Å². The minimum absolute atomic E-state index is 0.117. The van der Waals surface area contributed by atoms with E-state index in [2.05, 4.69) is 14.1 Å². The van der Waals surface area contributed by atoms with Gasteiger partial charge in [0.2, 0.25) is 5.91 Å². The number of alkyl halides is 3. The number of benzene rings is 1. The van der Waals surface area contributed by atoms with Gasteiger partial charge < -0.3 is 14.2 Å². The summed E-state index contributed by atoms with van der Waals surface area (Å²) in [5.41, 5.74) is -5.97. The third-order valence-electron chi connectivity index (χ3n) is 9.28. The van der Waals surface area contributed by atoms with Crippen LogP contribution in [0.4, 0.5) is 13.2 Å². The summed E-state index contributed by atoms with van der Waals surface area (Å²) < 4.78 is 67.5. The molecule has 41 heavy (non-hydrogen) atoms. The number of piperidine rings is 1. The van der Waals surface area contributed by atoms with Gasteiger partial charge in [-0.05, 0) is 93.8 Å². The molecule has 8 nitrogen and oxygen atoms in total. The molecule has 1 aromatic carbocycles. The van der Waals surface area contributed by atoms with E-state index in [4.69, 9.17) is 0 Å². The van der Waals surface area contributed by atoms with E-state index in [-0.39, 0.29) is 24.8 Å². The van der Waals surface area contributed by atoms with Crippen LogP contribution < -0.4 is 4.18 Å². The van der Waals surface area contributed by atoms with Gasteiger partial charge in [0.1, 0.15) is 5.75 Å². The standard InChI is InChI=1S/C29H36F3N3O5S/c1-20-6-9-24(40-41(38,39)29(30,31)32)18-25(20)27-10-14-34(26(36)17-23-5-3-4-13-33-23)16-12-28(27,37)21(2)35(15-11-27)19-22-7-8-22/h3-6,9,13,18,21-22,37H,7-8,10-12,14-17,19H2,1-2H3. The number of amides is 1. The minimum atomic E-state index is -5.87. The highest BCUT2D eigenvalue weighted by atomic mass is 32.2. The van der Waals surface area contributed by atoms with Crippen LogP contribution in [0.5, 0.6) is 5.75 Å². The number of carbonyl (C=O) groups is 1. The SMILES string of the molecule is Cc1ccc(OS(=O)(=O)C(F)(F)F)cc1C12CCN(C(=O)Cc3ccccn3)CCC1(O)C(C)N(CC1CC1)CC2. The fourth-order valence-corrected chi connectivity index (χ4v) is 7.18. The summed E-state index contributed by atoms with van der Waals surface area (Å²) in [7, 11) is -5.87. The van der Waals surface area contributed by atoms with Crippen LogP contribution in [0.3, 0.4) is 0 Å². The molecule has 224 valence electrons. The molecule has 5 rings (SSSR count). The molecule has 3 heterocycles. The molecule has 3 fully saturated rings. The Hall–Kier alpha value is -2.70. The van der Waals surface area contributed by atoms with Crippen molar-refractivity contribution in [1.82, 2.24) is 14.8 Å². The number of nitrogens with zero attached hydrogens (tertiary/aromatic N) is 3. The Kier molecular flexibility index (Phi) is 7.88. The van der Waals surface area contributed by atoms with Crippen LogP contribution in [0.15, 0.2) is 42.6 Å². The summed E-state index contributed by atoms with van der Waals surface area (Å²) in [4.78, 5) is 21.6. The van der Waals surface area contributed by atoms with Crippen molar-refractivity contribution in [1.29, 1.82) is 0 Å². The summed E-state index contributed by atoms with van der Waals surface area (Å²) in [5, 5.41) is 12.7. The number of fused-ring (bicyclic) bond motifs is 1. The van der Waals surface area contributed by atoms with E-state index in [1.807, 2.05) is 13.0 Å². The third-order valence-corrected chi connectivity index (χ3v) is 10.3. The van der Waals surface area contributed by atoms with E-state index in [0.717, 1.165) is 19.4 Å². The molecule has 1 saturated carbocycles. The van der Waals surface area contributed by atoms with E-state index in [1.54, 1.807) is 30.2 Å². The van der Waals surface area contributed by atoms with E-state index in [0.29, 0.717) is 55.2 Å².